The van der Waals surface area contributed by atoms with Gasteiger partial charge in [0, 0.05) is 6.21 Å². The minimum absolute atomic E-state index is 0.0921. The van der Waals surface area contributed by atoms with Gasteiger partial charge >= 0.3 is 5.97 Å². The highest BCUT2D eigenvalue weighted by molar-refractivity contribution is 6.10. The van der Waals surface area contributed by atoms with Crippen molar-refractivity contribution in [1.29, 1.82) is 5.26 Å². The predicted molar refractivity (Wildman–Crippen MR) is 73.9 cm³/mol. The van der Waals surface area contributed by atoms with E-state index in [1.165, 1.54) is 6.21 Å². The van der Waals surface area contributed by atoms with Crippen LogP contribution in [0.15, 0.2) is 40.1 Å². The maximum atomic E-state index is 12.0. The van der Waals surface area contributed by atoms with Crippen molar-refractivity contribution in [3.05, 3.63) is 35.1 Å². The van der Waals surface area contributed by atoms with Crippen LogP contribution < -0.4 is 0 Å². The lowest BCUT2D eigenvalue weighted by molar-refractivity contribution is -0.138. The van der Waals surface area contributed by atoms with Crippen LogP contribution in [-0.4, -0.2) is 31.4 Å². The fraction of sp³-hybridized carbons (Fsp3) is 0.400. The average molecular weight is 272 g/mol. The number of carbonyl (C=O) groups is 1. The Bertz CT molecular complexity index is 564. The molecule has 1 aliphatic heterocycles. The zero-order chi connectivity index (χ0) is 14.5. The Kier molecular flexibility index (Phi) is 4.36. The van der Waals surface area contributed by atoms with E-state index in [0.717, 1.165) is 5.57 Å². The molecule has 0 aromatic carbocycles. The highest BCUT2D eigenvalue weighted by Gasteiger charge is 2.32. The molecule has 0 N–H and O–H groups in total. The lowest BCUT2D eigenvalue weighted by Gasteiger charge is -2.28. The minimum Gasteiger partial charge on any atom is -0.481 e. The lowest BCUT2D eigenvalue weighted by atomic mass is 9.87. The molecule has 0 radical (unpaired) electrons. The van der Waals surface area contributed by atoms with Gasteiger partial charge in [-0.15, -0.1) is 0 Å². The number of dihydropyridines is 1. The summed E-state index contributed by atoms with van der Waals surface area (Å²) in [6.07, 6.45) is 7.42. The van der Waals surface area contributed by atoms with Gasteiger partial charge < -0.3 is 9.47 Å². The molecule has 1 heterocycles. The van der Waals surface area contributed by atoms with E-state index >= 15 is 0 Å². The lowest BCUT2D eigenvalue weighted by Crippen LogP contribution is -2.29. The van der Waals surface area contributed by atoms with E-state index < -0.39 is 5.97 Å². The van der Waals surface area contributed by atoms with Crippen molar-refractivity contribution in [2.45, 2.75) is 19.9 Å². The van der Waals surface area contributed by atoms with E-state index in [9.17, 15) is 4.79 Å². The molecule has 2 aliphatic rings. The summed E-state index contributed by atoms with van der Waals surface area (Å²) in [6.45, 7) is 3.89. The molecule has 104 valence electrons. The van der Waals surface area contributed by atoms with Gasteiger partial charge in [-0.1, -0.05) is 23.8 Å². The summed E-state index contributed by atoms with van der Waals surface area (Å²) in [5, 5.41) is 8.70. The van der Waals surface area contributed by atoms with E-state index in [1.54, 1.807) is 6.92 Å². The van der Waals surface area contributed by atoms with Gasteiger partial charge in [0.15, 0.2) is 6.61 Å². The summed E-state index contributed by atoms with van der Waals surface area (Å²) >= 11 is 0. The number of ether oxygens (including phenoxy) is 2. The average Bonchev–Trinajstić information content (AvgIpc) is 2.44. The maximum Gasteiger partial charge on any atom is 0.343 e. The van der Waals surface area contributed by atoms with E-state index in [4.69, 9.17) is 14.7 Å². The first-order valence-electron chi connectivity index (χ1n) is 6.48. The summed E-state index contributed by atoms with van der Waals surface area (Å²) in [5.74, 6) is -0.158. The molecule has 0 aromatic heterocycles. The molecule has 1 aliphatic carbocycles. The highest BCUT2D eigenvalue weighted by Crippen LogP contribution is 2.32. The van der Waals surface area contributed by atoms with Crippen LogP contribution in [0, 0.1) is 17.2 Å². The molecule has 0 saturated carbocycles. The number of hydrogen-bond donors (Lipinski definition) is 0. The van der Waals surface area contributed by atoms with Gasteiger partial charge in [0.2, 0.25) is 0 Å². The van der Waals surface area contributed by atoms with Crippen LogP contribution in [0.3, 0.4) is 0 Å². The van der Waals surface area contributed by atoms with E-state index in [2.05, 4.69) is 4.99 Å². The van der Waals surface area contributed by atoms with E-state index in [0.29, 0.717) is 11.3 Å². The smallest absolute Gasteiger partial charge is 0.343 e. The van der Waals surface area contributed by atoms with Crippen molar-refractivity contribution in [1.82, 2.24) is 0 Å². The summed E-state index contributed by atoms with van der Waals surface area (Å²) in [6, 6.07) is 1.83. The quantitative estimate of drug-likeness (QED) is 0.733. The molecule has 0 amide bonds. The summed E-state index contributed by atoms with van der Waals surface area (Å²) in [7, 11) is 0. The van der Waals surface area contributed by atoms with Gasteiger partial charge in [-0.2, -0.15) is 5.26 Å². The molecule has 20 heavy (non-hydrogen) atoms. The molecule has 0 saturated heterocycles. The largest absolute Gasteiger partial charge is 0.481 e. The van der Waals surface area contributed by atoms with Gasteiger partial charge in [-0.3, -0.25) is 4.99 Å². The van der Waals surface area contributed by atoms with E-state index in [-0.39, 0.29) is 25.2 Å². The highest BCUT2D eigenvalue weighted by atomic mass is 16.5. The molecule has 2 rings (SSSR count). The SMILES string of the molecule is CCOC(=O)C1=C(OCC#N)[C@@H]2C=C(C)C=C[C@@H]2N=C1. The Morgan fingerprint density at radius 2 is 2.35 bits per heavy atom. The molecule has 5 nitrogen and oxygen atoms in total. The number of nitriles is 1. The molecule has 0 spiro atoms. The fourth-order valence-electron chi connectivity index (χ4n) is 2.23. The van der Waals surface area contributed by atoms with E-state index in [1.807, 2.05) is 31.2 Å². The Morgan fingerprint density at radius 3 is 3.05 bits per heavy atom. The molecule has 0 unspecified atom stereocenters. The second-order valence-electron chi connectivity index (χ2n) is 4.51. The number of hydrogen-bond acceptors (Lipinski definition) is 5. The first kappa shape index (κ1) is 14.1. The molecular weight excluding hydrogens is 256 g/mol. The van der Waals surface area contributed by atoms with Gasteiger partial charge in [-0.25, -0.2) is 4.79 Å². The minimum atomic E-state index is -0.469. The third-order valence-electron chi connectivity index (χ3n) is 3.10. The van der Waals surface area contributed by atoms with Gasteiger partial charge in [0.25, 0.3) is 0 Å². The number of nitrogens with zero attached hydrogens (tertiary/aromatic N) is 2. The van der Waals surface area contributed by atoms with Crippen LogP contribution in [0.25, 0.3) is 0 Å². The maximum absolute atomic E-state index is 12.0. The Balaban J connectivity index is 2.37. The van der Waals surface area contributed by atoms with Crippen LogP contribution >= 0.6 is 0 Å². The van der Waals surface area contributed by atoms with Crippen LogP contribution in [0.2, 0.25) is 0 Å². The number of carbonyl (C=O) groups excluding carboxylic acids is 1. The standard InChI is InChI=1S/C15H16N2O3/c1-3-19-15(18)12-9-17-13-5-4-10(2)8-11(13)14(12)20-7-6-16/h4-5,8-9,11,13H,3,7H2,1-2H3/t11-,13+/m1/s1. The van der Waals surface area contributed by atoms with Crippen LogP contribution in [0.1, 0.15) is 13.8 Å². The fourth-order valence-corrected chi connectivity index (χ4v) is 2.23. The molecule has 0 fully saturated rings. The van der Waals surface area contributed by atoms with Gasteiger partial charge in [0.05, 0.1) is 18.6 Å². The predicted octanol–water partition coefficient (Wildman–Crippen LogP) is 1.93. The number of rotatable bonds is 4. The topological polar surface area (TPSA) is 71.7 Å². The van der Waals surface area contributed by atoms with Crippen LogP contribution in [0.4, 0.5) is 0 Å². The van der Waals surface area contributed by atoms with Crippen molar-refractivity contribution in [2.24, 2.45) is 10.9 Å². The number of fused-ring (bicyclic) bond motifs is 1. The molecule has 0 aromatic rings. The molecule has 0 bridgehead atoms. The zero-order valence-electron chi connectivity index (χ0n) is 11.5. The summed E-state index contributed by atoms with van der Waals surface area (Å²) in [4.78, 5) is 16.3. The zero-order valence-corrected chi connectivity index (χ0v) is 11.5. The monoisotopic (exact) mass is 272 g/mol. The number of esters is 1. The van der Waals surface area contributed by atoms with Crippen LogP contribution in [-0.2, 0) is 14.3 Å². The first-order chi connectivity index (χ1) is 9.67. The molecule has 2 atom stereocenters. The van der Waals surface area contributed by atoms with Crippen molar-refractivity contribution < 1.29 is 14.3 Å². The Hall–Kier alpha value is -2.35. The number of allylic oxidation sites excluding steroid dienone is 2. The van der Waals surface area contributed by atoms with Crippen molar-refractivity contribution >= 4 is 12.2 Å². The first-order valence-corrected chi connectivity index (χ1v) is 6.48. The van der Waals surface area contributed by atoms with Gasteiger partial charge in [0.1, 0.15) is 17.4 Å². The van der Waals surface area contributed by atoms with Crippen LogP contribution in [0.5, 0.6) is 0 Å². The van der Waals surface area contributed by atoms with Crippen molar-refractivity contribution in [2.75, 3.05) is 13.2 Å². The summed E-state index contributed by atoms with van der Waals surface area (Å²) < 4.78 is 10.5. The summed E-state index contributed by atoms with van der Waals surface area (Å²) in [5.41, 5.74) is 1.37. The Morgan fingerprint density at radius 1 is 1.55 bits per heavy atom. The van der Waals surface area contributed by atoms with Crippen molar-refractivity contribution in [3.8, 4) is 6.07 Å². The second-order valence-corrected chi connectivity index (χ2v) is 4.51. The van der Waals surface area contributed by atoms with Gasteiger partial charge in [-0.05, 0) is 13.8 Å². The Labute approximate surface area is 117 Å². The third kappa shape index (κ3) is 2.80. The molecular formula is C15H16N2O3. The molecule has 5 heteroatoms. The normalized spacial score (nSPS) is 23.8. The third-order valence-corrected chi connectivity index (χ3v) is 3.10. The van der Waals surface area contributed by atoms with Crippen molar-refractivity contribution in [3.63, 3.8) is 0 Å². The number of aliphatic imine (C=N–C) groups is 1. The second kappa shape index (κ2) is 6.20.